The molecule has 2 rings (SSSR count). The molecule has 1 aliphatic rings. The van der Waals surface area contributed by atoms with Crippen molar-refractivity contribution in [2.24, 2.45) is 0 Å². The Labute approximate surface area is 112 Å². The molecule has 0 aromatic heterocycles. The van der Waals surface area contributed by atoms with E-state index in [2.05, 4.69) is 0 Å². The predicted molar refractivity (Wildman–Crippen MR) is 67.1 cm³/mol. The Morgan fingerprint density at radius 3 is 2.63 bits per heavy atom. The lowest BCUT2D eigenvalue weighted by molar-refractivity contribution is -0.929. The third-order valence-electron chi connectivity index (χ3n) is 3.23. The number of fused-ring (bicyclic) bond motifs is 1. The summed E-state index contributed by atoms with van der Waals surface area (Å²) in [5.74, 6) is 0.461. The van der Waals surface area contributed by atoms with Crippen molar-refractivity contribution >= 4 is 5.97 Å². The van der Waals surface area contributed by atoms with E-state index in [-0.39, 0.29) is 12.6 Å². The molecule has 0 saturated heterocycles. The van der Waals surface area contributed by atoms with Gasteiger partial charge in [0.2, 0.25) is 0 Å². The number of hydrogen-bond donors (Lipinski definition) is 1. The number of benzene rings is 1. The van der Waals surface area contributed by atoms with Crippen LogP contribution in [0.3, 0.4) is 0 Å². The molecule has 104 valence electrons. The largest absolute Gasteiger partial charge is 0.544 e. The minimum absolute atomic E-state index is 0.00606. The molecule has 5 heteroatoms. The first-order valence-corrected chi connectivity index (χ1v) is 6.49. The van der Waals surface area contributed by atoms with Gasteiger partial charge in [0.15, 0.2) is 11.5 Å². The molecule has 0 saturated carbocycles. The van der Waals surface area contributed by atoms with Crippen LogP contribution in [0.1, 0.15) is 19.4 Å². The Bertz CT molecular complexity index is 459. The highest BCUT2D eigenvalue weighted by molar-refractivity contribution is 5.65. The lowest BCUT2D eigenvalue weighted by atomic mass is 10.1. The number of rotatable bonds is 5. The van der Waals surface area contributed by atoms with Gasteiger partial charge in [-0.25, -0.2) is 0 Å². The van der Waals surface area contributed by atoms with Gasteiger partial charge in [-0.15, -0.1) is 0 Å². The summed E-state index contributed by atoms with van der Waals surface area (Å²) in [6.45, 7) is 5.75. The summed E-state index contributed by atoms with van der Waals surface area (Å²) in [6, 6.07) is 5.96. The molecule has 0 fully saturated rings. The van der Waals surface area contributed by atoms with E-state index in [9.17, 15) is 9.90 Å². The van der Waals surface area contributed by atoms with E-state index in [4.69, 9.17) is 9.47 Å². The minimum Gasteiger partial charge on any atom is -0.544 e. The molecule has 0 bridgehead atoms. The van der Waals surface area contributed by atoms with Crippen LogP contribution in [0, 0.1) is 0 Å². The number of carboxylic acids is 1. The first kappa shape index (κ1) is 13.7. The number of quaternary nitrogens is 1. The van der Waals surface area contributed by atoms with Gasteiger partial charge >= 0.3 is 0 Å². The molecule has 1 unspecified atom stereocenters. The van der Waals surface area contributed by atoms with Crippen LogP contribution in [0.2, 0.25) is 0 Å². The average molecular weight is 265 g/mol. The molecule has 1 aromatic carbocycles. The van der Waals surface area contributed by atoms with Crippen molar-refractivity contribution in [3.63, 3.8) is 0 Å². The Kier molecular flexibility index (Phi) is 4.27. The molecule has 0 spiro atoms. The minimum atomic E-state index is -1.03. The van der Waals surface area contributed by atoms with Gasteiger partial charge in [0.1, 0.15) is 26.3 Å². The van der Waals surface area contributed by atoms with Crippen LogP contribution in [-0.2, 0) is 11.3 Å². The van der Waals surface area contributed by atoms with Gasteiger partial charge in [0, 0.05) is 5.56 Å². The van der Waals surface area contributed by atoms with E-state index in [0.29, 0.717) is 19.8 Å². The SMILES string of the molecule is CC(C)[NH+](CC(=O)[O-])Cc1ccc2c(c1)OCCO2. The molecule has 1 aromatic rings. The van der Waals surface area contributed by atoms with Crippen LogP contribution >= 0.6 is 0 Å². The number of carboxylic acid groups (broad SMARTS) is 1. The van der Waals surface area contributed by atoms with E-state index in [0.717, 1.165) is 22.0 Å². The van der Waals surface area contributed by atoms with E-state index >= 15 is 0 Å². The highest BCUT2D eigenvalue weighted by Gasteiger charge is 2.17. The fourth-order valence-corrected chi connectivity index (χ4v) is 2.12. The Morgan fingerprint density at radius 1 is 1.32 bits per heavy atom. The molecule has 0 amide bonds. The normalized spacial score (nSPS) is 15.3. The number of ether oxygens (including phenoxy) is 2. The maximum Gasteiger partial charge on any atom is 0.161 e. The van der Waals surface area contributed by atoms with Crippen molar-refractivity contribution in [1.29, 1.82) is 0 Å². The summed E-state index contributed by atoms with van der Waals surface area (Å²) in [6.07, 6.45) is 0. The molecule has 1 aliphatic heterocycles. The van der Waals surface area contributed by atoms with Crippen molar-refractivity contribution in [1.82, 2.24) is 0 Å². The Morgan fingerprint density at radius 2 is 2.00 bits per heavy atom. The van der Waals surface area contributed by atoms with Crippen LogP contribution in [0.5, 0.6) is 11.5 Å². The van der Waals surface area contributed by atoms with Gasteiger partial charge < -0.3 is 24.3 Å². The third kappa shape index (κ3) is 3.61. The molecule has 5 nitrogen and oxygen atoms in total. The van der Waals surface area contributed by atoms with Gasteiger partial charge in [-0.2, -0.15) is 0 Å². The van der Waals surface area contributed by atoms with Gasteiger partial charge in [-0.1, -0.05) is 0 Å². The van der Waals surface area contributed by atoms with Crippen molar-refractivity contribution in [2.75, 3.05) is 19.8 Å². The topological polar surface area (TPSA) is 63.0 Å². The average Bonchev–Trinajstić information content (AvgIpc) is 2.37. The first-order chi connectivity index (χ1) is 9.06. The third-order valence-corrected chi connectivity index (χ3v) is 3.23. The van der Waals surface area contributed by atoms with Crippen molar-refractivity contribution in [3.8, 4) is 11.5 Å². The summed E-state index contributed by atoms with van der Waals surface area (Å²) in [7, 11) is 0. The lowest BCUT2D eigenvalue weighted by Crippen LogP contribution is -3.15. The van der Waals surface area contributed by atoms with Gasteiger partial charge in [-0.05, 0) is 32.0 Å². The van der Waals surface area contributed by atoms with E-state index in [1.54, 1.807) is 0 Å². The van der Waals surface area contributed by atoms with Crippen LogP contribution in [0.15, 0.2) is 18.2 Å². The zero-order valence-electron chi connectivity index (χ0n) is 11.3. The first-order valence-electron chi connectivity index (χ1n) is 6.49. The van der Waals surface area contributed by atoms with Gasteiger partial charge in [0.05, 0.1) is 12.0 Å². The maximum absolute atomic E-state index is 10.8. The standard InChI is InChI=1S/C14H19NO4/c1-10(2)15(9-14(16)17)8-11-3-4-12-13(7-11)19-6-5-18-12/h3-4,7,10H,5-6,8-9H2,1-2H3,(H,16,17). The molecular weight excluding hydrogens is 246 g/mol. The molecular formula is C14H19NO4. The molecule has 0 aliphatic carbocycles. The number of carbonyl (C=O) groups is 1. The zero-order valence-corrected chi connectivity index (χ0v) is 11.3. The van der Waals surface area contributed by atoms with E-state index in [1.165, 1.54) is 0 Å². The van der Waals surface area contributed by atoms with Crippen LogP contribution in [0.4, 0.5) is 0 Å². The molecule has 1 atom stereocenters. The number of hydrogen-bond acceptors (Lipinski definition) is 4. The van der Waals surface area contributed by atoms with Crippen molar-refractivity contribution < 1.29 is 24.3 Å². The number of carbonyl (C=O) groups excluding carboxylic acids is 1. The van der Waals surface area contributed by atoms with Gasteiger partial charge in [0.25, 0.3) is 0 Å². The highest BCUT2D eigenvalue weighted by Crippen LogP contribution is 2.30. The summed E-state index contributed by atoms with van der Waals surface area (Å²) in [5, 5.41) is 10.8. The van der Waals surface area contributed by atoms with Gasteiger partial charge in [-0.3, -0.25) is 0 Å². The molecule has 0 radical (unpaired) electrons. The van der Waals surface area contributed by atoms with E-state index < -0.39 is 5.97 Å². The monoisotopic (exact) mass is 265 g/mol. The predicted octanol–water partition coefficient (Wildman–Crippen LogP) is -0.999. The Balaban J connectivity index is 2.10. The zero-order chi connectivity index (χ0) is 13.8. The van der Waals surface area contributed by atoms with E-state index in [1.807, 2.05) is 32.0 Å². The number of aliphatic carboxylic acids is 1. The fraction of sp³-hybridized carbons (Fsp3) is 0.500. The second-order valence-electron chi connectivity index (χ2n) is 5.02. The summed E-state index contributed by atoms with van der Waals surface area (Å²) < 4.78 is 11.0. The number of nitrogens with one attached hydrogen (secondary N) is 1. The molecule has 1 N–H and O–H groups in total. The smallest absolute Gasteiger partial charge is 0.161 e. The Hall–Kier alpha value is -1.75. The van der Waals surface area contributed by atoms with Crippen LogP contribution in [0.25, 0.3) is 0 Å². The molecule has 1 heterocycles. The van der Waals surface area contributed by atoms with Crippen LogP contribution < -0.4 is 19.5 Å². The second-order valence-corrected chi connectivity index (χ2v) is 5.02. The lowest BCUT2D eigenvalue weighted by Gasteiger charge is -2.25. The summed E-state index contributed by atoms with van der Waals surface area (Å²) in [4.78, 5) is 11.7. The maximum atomic E-state index is 10.8. The molecule has 19 heavy (non-hydrogen) atoms. The highest BCUT2D eigenvalue weighted by atomic mass is 16.6. The summed E-state index contributed by atoms with van der Waals surface area (Å²) >= 11 is 0. The second kappa shape index (κ2) is 5.93. The fourth-order valence-electron chi connectivity index (χ4n) is 2.12. The quantitative estimate of drug-likeness (QED) is 0.742. The van der Waals surface area contributed by atoms with Crippen LogP contribution in [-0.4, -0.2) is 31.8 Å². The van der Waals surface area contributed by atoms with Crippen molar-refractivity contribution in [2.45, 2.75) is 26.4 Å². The van der Waals surface area contributed by atoms with Crippen molar-refractivity contribution in [3.05, 3.63) is 23.8 Å². The summed E-state index contributed by atoms with van der Waals surface area (Å²) in [5.41, 5.74) is 1.04.